The van der Waals surface area contributed by atoms with Crippen LogP contribution in [0.5, 0.6) is 0 Å². The fourth-order valence-corrected chi connectivity index (χ4v) is 5.90. The third kappa shape index (κ3) is 4.42. The molecule has 0 radical (unpaired) electrons. The van der Waals surface area contributed by atoms with Crippen molar-refractivity contribution >= 4 is 21.4 Å². The summed E-state index contributed by atoms with van der Waals surface area (Å²) < 4.78 is 38.3. The van der Waals surface area contributed by atoms with Gasteiger partial charge in [-0.15, -0.1) is 0 Å². The minimum atomic E-state index is -3.35. The topological polar surface area (TPSA) is 83.7 Å². The summed E-state index contributed by atoms with van der Waals surface area (Å²) in [6, 6.07) is 21.0. The molecule has 1 amide bonds. The predicted octanol–water partition coefficient (Wildman–Crippen LogP) is 4.12. The molecule has 36 heavy (non-hydrogen) atoms. The molecule has 0 saturated carbocycles. The lowest BCUT2D eigenvalue weighted by molar-refractivity contribution is -0.114. The maximum atomic E-state index is 14.5. The van der Waals surface area contributed by atoms with Crippen molar-refractivity contribution in [2.75, 3.05) is 24.2 Å². The second-order valence-corrected chi connectivity index (χ2v) is 11.5. The van der Waals surface area contributed by atoms with Crippen LogP contribution in [-0.2, 0) is 21.2 Å². The van der Waals surface area contributed by atoms with E-state index < -0.39 is 21.2 Å². The maximum absolute atomic E-state index is 14.5. The van der Waals surface area contributed by atoms with Crippen molar-refractivity contribution in [3.8, 4) is 11.1 Å². The minimum Gasteiger partial charge on any atom is -0.400 e. The Kier molecular flexibility index (Phi) is 6.18. The highest BCUT2D eigenvalue weighted by Gasteiger charge is 2.49. The molecule has 1 fully saturated rings. The van der Waals surface area contributed by atoms with E-state index in [4.69, 9.17) is 5.73 Å². The molecule has 0 aliphatic carbocycles. The number of nitrogens with two attached hydrogens (primary N) is 1. The second kappa shape index (κ2) is 9.19. The summed E-state index contributed by atoms with van der Waals surface area (Å²) in [5.74, 6) is -0.736. The third-order valence-electron chi connectivity index (χ3n) is 7.19. The van der Waals surface area contributed by atoms with Crippen molar-refractivity contribution in [2.45, 2.75) is 29.8 Å². The summed E-state index contributed by atoms with van der Waals surface area (Å²) in [6.45, 7) is 2.29. The number of hydrogen-bond donors (Lipinski definition) is 1. The minimum absolute atomic E-state index is 0.195. The Bertz CT molecular complexity index is 1430. The number of carbonyl (C=O) groups excluding carboxylic acids is 1. The summed E-state index contributed by atoms with van der Waals surface area (Å²) >= 11 is 0. The van der Waals surface area contributed by atoms with Gasteiger partial charge < -0.3 is 5.73 Å². The van der Waals surface area contributed by atoms with Crippen molar-refractivity contribution in [2.24, 2.45) is 5.73 Å². The molecule has 0 bridgehead atoms. The van der Waals surface area contributed by atoms with Crippen molar-refractivity contribution in [1.29, 1.82) is 0 Å². The van der Waals surface area contributed by atoms with Crippen LogP contribution in [-0.4, -0.2) is 44.1 Å². The highest BCUT2D eigenvalue weighted by atomic mass is 32.2. The molecule has 6 nitrogen and oxygen atoms in total. The Labute approximate surface area is 210 Å². The average molecular weight is 506 g/mol. The van der Waals surface area contributed by atoms with E-state index in [2.05, 4.69) is 17.0 Å². The van der Waals surface area contributed by atoms with E-state index in [0.717, 1.165) is 25.9 Å². The summed E-state index contributed by atoms with van der Waals surface area (Å²) in [4.78, 5) is 17.4. The molecule has 1 saturated heterocycles. The second-order valence-electron chi connectivity index (χ2n) is 9.52. The first-order chi connectivity index (χ1) is 17.2. The van der Waals surface area contributed by atoms with Gasteiger partial charge in [-0.1, -0.05) is 42.5 Å². The summed E-state index contributed by atoms with van der Waals surface area (Å²) in [7, 11) is -3.35. The molecule has 1 spiro atoms. The third-order valence-corrected chi connectivity index (χ3v) is 8.32. The monoisotopic (exact) mass is 505 g/mol. The van der Waals surface area contributed by atoms with E-state index in [1.807, 2.05) is 18.2 Å². The number of rotatable bonds is 5. The fraction of sp³-hybridized carbons (Fsp3) is 0.250. The molecule has 2 aliphatic heterocycles. The van der Waals surface area contributed by atoms with Crippen molar-refractivity contribution in [3.63, 3.8) is 0 Å². The Hall–Kier alpha value is -3.49. The van der Waals surface area contributed by atoms with Gasteiger partial charge in [0, 0.05) is 43.2 Å². The molecule has 2 N–H and O–H groups in total. The van der Waals surface area contributed by atoms with E-state index in [-0.39, 0.29) is 10.8 Å². The van der Waals surface area contributed by atoms with Gasteiger partial charge in [-0.25, -0.2) is 12.8 Å². The molecule has 0 atom stereocenters. The van der Waals surface area contributed by atoms with Gasteiger partial charge in [-0.3, -0.25) is 14.6 Å². The molecule has 3 aromatic rings. The lowest BCUT2D eigenvalue weighted by atomic mass is 9.83. The van der Waals surface area contributed by atoms with Gasteiger partial charge in [0.25, 0.3) is 5.91 Å². The van der Waals surface area contributed by atoms with Gasteiger partial charge >= 0.3 is 0 Å². The normalized spacial score (nSPS) is 18.0. The Balaban J connectivity index is 1.48. The highest BCUT2D eigenvalue weighted by molar-refractivity contribution is 7.90. The molecule has 3 aromatic carbocycles. The number of piperidine rings is 1. The SMILES string of the molecule is CS(=O)(=O)c1ccc(-c2ccc(F)cc2N2C(=O)C=C(N)C23CCN(Cc2ccccc2)CC3)cc1. The quantitative estimate of drug-likeness (QED) is 0.564. The molecule has 8 heteroatoms. The van der Waals surface area contributed by atoms with E-state index in [1.165, 1.54) is 35.9 Å². The van der Waals surface area contributed by atoms with Crippen LogP contribution in [0.2, 0.25) is 0 Å². The van der Waals surface area contributed by atoms with Crippen LogP contribution < -0.4 is 10.6 Å². The first-order valence-electron chi connectivity index (χ1n) is 11.9. The van der Waals surface area contributed by atoms with E-state index in [0.29, 0.717) is 35.4 Å². The molecular weight excluding hydrogens is 477 g/mol. The molecule has 186 valence electrons. The number of anilines is 1. The van der Waals surface area contributed by atoms with Gasteiger partial charge in [-0.05, 0) is 54.3 Å². The standard InChI is InChI=1S/C28H28FN3O3S/c1-36(34,35)23-10-7-21(8-11-23)24-12-9-22(29)17-25(24)32-27(33)18-26(30)28(32)13-15-31(16-14-28)19-20-5-3-2-4-6-20/h2-12,17-18H,13-16,19,30H2,1H3. The number of halogens is 1. The molecular formula is C28H28FN3O3S. The predicted molar refractivity (Wildman–Crippen MR) is 138 cm³/mol. The van der Waals surface area contributed by atoms with Crippen LogP contribution in [0.25, 0.3) is 11.1 Å². The Morgan fingerprint density at radius 1 is 0.972 bits per heavy atom. The number of hydrogen-bond acceptors (Lipinski definition) is 5. The van der Waals surface area contributed by atoms with Crippen LogP contribution in [0, 0.1) is 5.82 Å². The van der Waals surface area contributed by atoms with Crippen LogP contribution >= 0.6 is 0 Å². The zero-order valence-electron chi connectivity index (χ0n) is 20.0. The number of nitrogens with zero attached hydrogens (tertiary/aromatic N) is 2. The van der Waals surface area contributed by atoms with Crippen LogP contribution in [0.3, 0.4) is 0 Å². The number of amides is 1. The number of carbonyl (C=O) groups is 1. The zero-order chi connectivity index (χ0) is 25.5. The Morgan fingerprint density at radius 3 is 2.28 bits per heavy atom. The first-order valence-corrected chi connectivity index (χ1v) is 13.7. The zero-order valence-corrected chi connectivity index (χ0v) is 20.8. The average Bonchev–Trinajstić information content (AvgIpc) is 3.09. The lowest BCUT2D eigenvalue weighted by Gasteiger charge is -2.46. The van der Waals surface area contributed by atoms with Crippen LogP contribution in [0.1, 0.15) is 18.4 Å². The van der Waals surface area contributed by atoms with Crippen molar-refractivity contribution < 1.29 is 17.6 Å². The lowest BCUT2D eigenvalue weighted by Crippen LogP contribution is -2.56. The molecule has 2 heterocycles. The summed E-state index contributed by atoms with van der Waals surface area (Å²) in [5.41, 5.74) is 9.21. The first kappa shape index (κ1) is 24.2. The number of benzene rings is 3. The van der Waals surface area contributed by atoms with Crippen LogP contribution in [0.15, 0.2) is 89.5 Å². The maximum Gasteiger partial charge on any atom is 0.253 e. The van der Waals surface area contributed by atoms with Crippen LogP contribution in [0.4, 0.5) is 10.1 Å². The van der Waals surface area contributed by atoms with Gasteiger partial charge in [0.15, 0.2) is 9.84 Å². The van der Waals surface area contributed by atoms with E-state index in [1.54, 1.807) is 23.1 Å². The number of likely N-dealkylation sites (tertiary alicyclic amines) is 1. The largest absolute Gasteiger partial charge is 0.400 e. The van der Waals surface area contributed by atoms with Gasteiger partial charge in [-0.2, -0.15) is 0 Å². The summed E-state index contributed by atoms with van der Waals surface area (Å²) in [5, 5.41) is 0. The van der Waals surface area contributed by atoms with Gasteiger partial charge in [0.1, 0.15) is 5.82 Å². The molecule has 2 aliphatic rings. The van der Waals surface area contributed by atoms with Gasteiger partial charge in [0.2, 0.25) is 0 Å². The smallest absolute Gasteiger partial charge is 0.253 e. The summed E-state index contributed by atoms with van der Waals surface area (Å²) in [6.07, 6.45) is 3.85. The molecule has 5 rings (SSSR count). The molecule has 0 unspecified atom stereocenters. The fourth-order valence-electron chi connectivity index (χ4n) is 5.27. The number of sulfone groups is 1. The molecule has 0 aromatic heterocycles. The van der Waals surface area contributed by atoms with Crippen molar-refractivity contribution in [3.05, 3.63) is 96.0 Å². The highest BCUT2D eigenvalue weighted by Crippen LogP contribution is 2.45. The van der Waals surface area contributed by atoms with Crippen molar-refractivity contribution in [1.82, 2.24) is 4.90 Å². The van der Waals surface area contributed by atoms with E-state index >= 15 is 0 Å². The Morgan fingerprint density at radius 2 is 1.64 bits per heavy atom. The van der Waals surface area contributed by atoms with Gasteiger partial charge in [0.05, 0.1) is 16.1 Å². The van der Waals surface area contributed by atoms with E-state index in [9.17, 15) is 17.6 Å².